The van der Waals surface area contributed by atoms with Gasteiger partial charge < -0.3 is 24.3 Å². The van der Waals surface area contributed by atoms with Crippen LogP contribution in [-0.4, -0.2) is 82.5 Å². The molecule has 0 saturated heterocycles. The number of aryl methyl sites for hydroxylation is 1. The van der Waals surface area contributed by atoms with E-state index in [1.54, 1.807) is 0 Å². The van der Waals surface area contributed by atoms with Crippen LogP contribution in [0.2, 0.25) is 0 Å². The highest BCUT2D eigenvalue weighted by Crippen LogP contribution is 2.38. The van der Waals surface area contributed by atoms with Gasteiger partial charge in [-0.3, -0.25) is 0 Å². The summed E-state index contributed by atoms with van der Waals surface area (Å²) in [7, 11) is -7.65. The number of aromatic nitrogens is 6. The smallest absolute Gasteiger partial charge is 0.286 e. The number of benzene rings is 2. The number of methoxy groups -OCH3 is 1. The highest BCUT2D eigenvalue weighted by molar-refractivity contribution is 7.98. The molecule has 0 saturated carbocycles. The molecule has 0 fully saturated rings. The molecule has 5 rings (SSSR count). The van der Waals surface area contributed by atoms with E-state index in [0.717, 1.165) is 48.6 Å². The predicted octanol–water partition coefficient (Wildman–Crippen LogP) is 3.45. The minimum atomic E-state index is -5.15. The molecule has 300 valence electrons. The molecule has 5 aromatic rings. The second kappa shape index (κ2) is 17.7. The molecule has 0 bridgehead atoms. The maximum Gasteiger partial charge on any atom is 0.286 e. The van der Waals surface area contributed by atoms with Crippen LogP contribution in [0.4, 0.5) is 23.4 Å². The van der Waals surface area contributed by atoms with E-state index < -0.39 is 89.9 Å². The second-order valence-electron chi connectivity index (χ2n) is 11.7. The lowest BCUT2D eigenvalue weighted by atomic mass is 10.2. The number of thioether (sulfide) groups is 2. The third-order valence-corrected chi connectivity index (χ3v) is 12.3. The molecule has 16 nitrogen and oxygen atoms in total. The van der Waals surface area contributed by atoms with Gasteiger partial charge in [0.05, 0.1) is 25.7 Å². The fourth-order valence-corrected chi connectivity index (χ4v) is 9.35. The molecule has 2 aromatic carbocycles. The first-order valence-corrected chi connectivity index (χ1v) is 20.9. The largest absolute Gasteiger partial charge is 0.481 e. The Labute approximate surface area is 326 Å². The van der Waals surface area contributed by atoms with Crippen molar-refractivity contribution >= 4 is 49.4 Å². The fourth-order valence-electron chi connectivity index (χ4n) is 4.78. The molecule has 3 aromatic heterocycles. The standard InChI is InChI=1S/C32H32F4N8O8S4/c1-17(23(46)13-45)52-26-10-22(39-31(42-26)53-14-18-6-4-8-20(33)28(18)35)30(55(37,47)48)44(56(49,50)27-12-43(2)16-38-27)24-11-25(51-3)41-32(40-24)54-15-19-7-5-9-21(34)29(19)36/h4-12,16-17,23,30,45-46H,13-15H2,1-3H3,(H2,37,47,48)/t17-,23-,30?/m1/s1. The molecule has 0 spiro atoms. The number of hydrogen-bond acceptors (Lipinski definition) is 15. The number of nitrogens with two attached hydrogens (primary N) is 1. The van der Waals surface area contributed by atoms with Gasteiger partial charge in [0.2, 0.25) is 27.2 Å². The average Bonchev–Trinajstić information content (AvgIpc) is 3.60. The van der Waals surface area contributed by atoms with Crippen molar-refractivity contribution in [3.05, 3.63) is 101 Å². The molecule has 56 heavy (non-hydrogen) atoms. The number of hydrogen-bond donors (Lipinski definition) is 3. The number of halogens is 4. The molecular formula is C32H32F4N8O8S4. The molecule has 0 radical (unpaired) electrons. The van der Waals surface area contributed by atoms with Crippen LogP contribution in [0.3, 0.4) is 0 Å². The summed E-state index contributed by atoms with van der Waals surface area (Å²) in [4.78, 5) is 20.7. The van der Waals surface area contributed by atoms with Crippen LogP contribution in [0.1, 0.15) is 29.1 Å². The number of rotatable bonds is 17. The van der Waals surface area contributed by atoms with E-state index in [9.17, 15) is 44.6 Å². The van der Waals surface area contributed by atoms with Crippen molar-refractivity contribution in [3.63, 3.8) is 0 Å². The van der Waals surface area contributed by atoms with E-state index in [1.807, 2.05) is 0 Å². The van der Waals surface area contributed by atoms with Crippen molar-refractivity contribution < 1.29 is 54.1 Å². The minimum absolute atomic E-state index is 0.0967. The first-order chi connectivity index (χ1) is 26.4. The molecule has 4 N–H and O–H groups in total. The molecule has 0 amide bonds. The predicted molar refractivity (Wildman–Crippen MR) is 194 cm³/mol. The van der Waals surface area contributed by atoms with Gasteiger partial charge in [0.25, 0.3) is 10.0 Å². The topological polar surface area (TPSA) is 226 Å². The highest BCUT2D eigenvalue weighted by Gasteiger charge is 2.43. The van der Waals surface area contributed by atoms with Gasteiger partial charge in [0.15, 0.2) is 44.4 Å². The van der Waals surface area contributed by atoms with Gasteiger partial charge in [0, 0.05) is 48.0 Å². The molecule has 1 unspecified atom stereocenters. The number of primary sulfonamides is 1. The highest BCUT2D eigenvalue weighted by atomic mass is 32.2. The Balaban J connectivity index is 1.71. The first kappa shape index (κ1) is 42.6. The van der Waals surface area contributed by atoms with Crippen LogP contribution in [0.5, 0.6) is 11.8 Å². The number of aliphatic hydroxyl groups excluding tert-OH is 2. The Morgan fingerprint density at radius 2 is 1.46 bits per heavy atom. The van der Waals surface area contributed by atoms with Crippen LogP contribution in [0.15, 0.2) is 76.4 Å². The Kier molecular flexibility index (Phi) is 13.4. The SMILES string of the molecule is COc1cc(N(C(c2cc(O[C@H](C)[C@H](O)CO)nc(SCc3cccc(F)c3F)n2)S(N)(=O)=O)S(=O)(=O)c2cn(C)cn2)nc(SCc2cccc(F)c2F)n1. The maximum absolute atomic E-state index is 14.6. The molecule has 0 aliphatic carbocycles. The van der Waals surface area contributed by atoms with E-state index in [1.165, 1.54) is 49.9 Å². The summed E-state index contributed by atoms with van der Waals surface area (Å²) in [5.41, 5.74) is -0.881. The summed E-state index contributed by atoms with van der Waals surface area (Å²) in [6.45, 7) is 0.589. The Bertz CT molecular complexity index is 2430. The number of nitrogens with zero attached hydrogens (tertiary/aromatic N) is 7. The van der Waals surface area contributed by atoms with Crippen molar-refractivity contribution in [1.29, 1.82) is 0 Å². The van der Waals surface area contributed by atoms with E-state index in [-0.39, 0.29) is 43.1 Å². The second-order valence-corrected chi connectivity index (χ2v) is 16.9. The summed E-state index contributed by atoms with van der Waals surface area (Å²) in [6, 6.07) is 8.80. The summed E-state index contributed by atoms with van der Waals surface area (Å²) < 4.78 is 126. The van der Waals surface area contributed by atoms with Crippen LogP contribution < -0.4 is 18.9 Å². The van der Waals surface area contributed by atoms with Crippen molar-refractivity contribution in [1.82, 2.24) is 29.5 Å². The number of ether oxygens (including phenoxy) is 2. The summed E-state index contributed by atoms with van der Waals surface area (Å²) in [5, 5.41) is 21.6. The maximum atomic E-state index is 14.6. The quantitative estimate of drug-likeness (QED) is 0.0692. The molecule has 0 aliphatic heterocycles. The van der Waals surface area contributed by atoms with Crippen LogP contribution in [0, 0.1) is 23.3 Å². The third kappa shape index (κ3) is 9.85. The van der Waals surface area contributed by atoms with Gasteiger partial charge in [-0.25, -0.2) is 50.4 Å². The zero-order valence-electron chi connectivity index (χ0n) is 29.3. The van der Waals surface area contributed by atoms with Crippen molar-refractivity contribution in [2.24, 2.45) is 12.2 Å². The normalized spacial score (nSPS) is 13.6. The van der Waals surface area contributed by atoms with Gasteiger partial charge in [0.1, 0.15) is 12.2 Å². The molecular weight excluding hydrogens is 829 g/mol. The van der Waals surface area contributed by atoms with Gasteiger partial charge in [-0.2, -0.15) is 18.4 Å². The van der Waals surface area contributed by atoms with E-state index in [0.29, 0.717) is 11.8 Å². The number of sulfonamides is 2. The molecule has 3 atom stereocenters. The van der Waals surface area contributed by atoms with Gasteiger partial charge in [-0.05, 0) is 19.1 Å². The fraction of sp³-hybridized carbons (Fsp3) is 0.281. The van der Waals surface area contributed by atoms with Crippen molar-refractivity contribution in [2.75, 3.05) is 18.0 Å². The molecule has 24 heteroatoms. The Morgan fingerprint density at radius 1 is 0.893 bits per heavy atom. The summed E-state index contributed by atoms with van der Waals surface area (Å²) in [6.07, 6.45) is -0.468. The number of anilines is 1. The lowest BCUT2D eigenvalue weighted by molar-refractivity contribution is 0.00590. The zero-order chi connectivity index (χ0) is 40.9. The van der Waals surface area contributed by atoms with Gasteiger partial charge in [-0.1, -0.05) is 47.8 Å². The summed E-state index contributed by atoms with van der Waals surface area (Å²) in [5.74, 6) is -6.56. The third-order valence-electron chi connectivity index (χ3n) is 7.60. The Morgan fingerprint density at radius 3 is 1.98 bits per heavy atom. The van der Waals surface area contributed by atoms with Crippen LogP contribution in [-0.2, 0) is 38.6 Å². The van der Waals surface area contributed by atoms with E-state index in [4.69, 9.17) is 14.6 Å². The average molecular weight is 861 g/mol. The van der Waals surface area contributed by atoms with Gasteiger partial charge in [-0.15, -0.1) is 0 Å². The van der Waals surface area contributed by atoms with Gasteiger partial charge >= 0.3 is 0 Å². The monoisotopic (exact) mass is 860 g/mol. The Hall–Kier alpha value is -4.59. The minimum Gasteiger partial charge on any atom is -0.481 e. The van der Waals surface area contributed by atoms with Crippen LogP contribution in [0.25, 0.3) is 0 Å². The van der Waals surface area contributed by atoms with E-state index >= 15 is 0 Å². The molecule has 0 aliphatic rings. The van der Waals surface area contributed by atoms with Crippen molar-refractivity contribution in [2.45, 2.75) is 51.4 Å². The van der Waals surface area contributed by atoms with E-state index in [2.05, 4.69) is 24.9 Å². The molecule has 3 heterocycles. The number of aliphatic hydroxyl groups is 2. The zero-order valence-corrected chi connectivity index (χ0v) is 32.6. The summed E-state index contributed by atoms with van der Waals surface area (Å²) >= 11 is 1.40. The lowest BCUT2D eigenvalue weighted by Gasteiger charge is -2.30. The van der Waals surface area contributed by atoms with Crippen LogP contribution >= 0.6 is 23.5 Å². The first-order valence-electron chi connectivity index (χ1n) is 15.9. The lowest BCUT2D eigenvalue weighted by Crippen LogP contribution is -2.43. The van der Waals surface area contributed by atoms with Crippen molar-refractivity contribution in [3.8, 4) is 11.8 Å². The number of imidazole rings is 1.